The number of halogens is 3. The Bertz CT molecular complexity index is 1110. The van der Waals surface area contributed by atoms with Gasteiger partial charge in [-0.15, -0.1) is 0 Å². The van der Waals surface area contributed by atoms with Gasteiger partial charge in [-0.3, -0.25) is 5.32 Å². The van der Waals surface area contributed by atoms with E-state index in [4.69, 9.17) is 10.0 Å². The lowest BCUT2D eigenvalue weighted by atomic mass is 9.80. The highest BCUT2D eigenvalue weighted by Crippen LogP contribution is 2.28. The van der Waals surface area contributed by atoms with Crippen molar-refractivity contribution in [3.8, 4) is 5.69 Å². The average Bonchev–Trinajstić information content (AvgIpc) is 3.07. The van der Waals surface area contributed by atoms with Crippen LogP contribution in [0.25, 0.3) is 5.69 Å². The van der Waals surface area contributed by atoms with E-state index in [-0.39, 0.29) is 17.0 Å². The quantitative estimate of drug-likeness (QED) is 0.477. The summed E-state index contributed by atoms with van der Waals surface area (Å²) in [5.41, 5.74) is -0.835. The molecule has 0 spiro atoms. The van der Waals surface area contributed by atoms with Crippen molar-refractivity contribution in [2.45, 2.75) is 26.2 Å². The molecule has 1 aromatic heterocycles. The van der Waals surface area contributed by atoms with Gasteiger partial charge < -0.3 is 15.4 Å². The molecule has 11 heteroatoms. The van der Waals surface area contributed by atoms with Crippen LogP contribution in [0.4, 0.5) is 29.5 Å². The monoisotopic (exact) mass is 432 g/mol. The molecule has 0 saturated heterocycles. The van der Waals surface area contributed by atoms with Crippen molar-refractivity contribution in [3.63, 3.8) is 0 Å². The highest BCUT2D eigenvalue weighted by atomic mass is 19.1. The minimum atomic E-state index is -1.86. The molecule has 0 unspecified atom stereocenters. The van der Waals surface area contributed by atoms with E-state index in [1.807, 2.05) is 20.8 Å². The molecule has 2 amide bonds. The maximum absolute atomic E-state index is 14.3. The molecule has 4 N–H and O–H groups in total. The van der Waals surface area contributed by atoms with Crippen molar-refractivity contribution in [2.75, 3.05) is 10.6 Å². The highest BCUT2D eigenvalue weighted by molar-refractivity contribution is 6.58. The van der Waals surface area contributed by atoms with Crippen molar-refractivity contribution in [3.05, 3.63) is 65.6 Å². The Morgan fingerprint density at radius 3 is 2.19 bits per heavy atom. The lowest BCUT2D eigenvalue weighted by Gasteiger charge is -2.14. The predicted octanol–water partition coefficient (Wildman–Crippen LogP) is 2.91. The molecule has 162 valence electrons. The molecule has 3 aromatic rings. The number of carbonyl (C=O) groups is 1. The summed E-state index contributed by atoms with van der Waals surface area (Å²) in [6.45, 7) is 5.52. The number of amides is 2. The van der Waals surface area contributed by atoms with Crippen LogP contribution < -0.4 is 16.1 Å². The number of hydrogen-bond acceptors (Lipinski definition) is 4. The fourth-order valence-corrected chi connectivity index (χ4v) is 2.76. The smallest absolute Gasteiger partial charge is 0.423 e. The molecule has 0 bridgehead atoms. The summed E-state index contributed by atoms with van der Waals surface area (Å²) in [5, 5.41) is 27.1. The zero-order valence-electron chi connectivity index (χ0n) is 16.9. The zero-order valence-corrected chi connectivity index (χ0v) is 16.9. The Morgan fingerprint density at radius 2 is 1.65 bits per heavy atom. The molecule has 2 aromatic carbocycles. The first-order chi connectivity index (χ1) is 14.5. The van der Waals surface area contributed by atoms with Crippen LogP contribution in [-0.4, -0.2) is 33.0 Å². The third-order valence-electron chi connectivity index (χ3n) is 4.41. The topological polar surface area (TPSA) is 99.4 Å². The Kier molecular flexibility index (Phi) is 6.09. The molecule has 0 atom stereocenters. The van der Waals surface area contributed by atoms with E-state index >= 15 is 0 Å². The van der Waals surface area contributed by atoms with Crippen LogP contribution in [0.15, 0.2) is 42.5 Å². The average molecular weight is 432 g/mol. The third-order valence-corrected chi connectivity index (χ3v) is 4.41. The number of nitrogens with one attached hydrogen (secondary N) is 2. The number of hydrogen-bond donors (Lipinski definition) is 4. The van der Waals surface area contributed by atoms with Gasteiger partial charge in [0.05, 0.1) is 11.4 Å². The highest BCUT2D eigenvalue weighted by Gasteiger charge is 2.24. The largest absolute Gasteiger partial charge is 0.488 e. The van der Waals surface area contributed by atoms with E-state index < -0.39 is 41.7 Å². The Balaban J connectivity index is 1.94. The van der Waals surface area contributed by atoms with Crippen LogP contribution in [0.3, 0.4) is 0 Å². The summed E-state index contributed by atoms with van der Waals surface area (Å²) >= 11 is 0. The Morgan fingerprint density at radius 1 is 1.00 bits per heavy atom. The maximum Gasteiger partial charge on any atom is 0.488 e. The van der Waals surface area contributed by atoms with Crippen molar-refractivity contribution in [2.24, 2.45) is 0 Å². The van der Waals surface area contributed by atoms with Crippen LogP contribution in [0.2, 0.25) is 0 Å². The molecule has 0 aliphatic rings. The first-order valence-corrected chi connectivity index (χ1v) is 9.26. The molecule has 1 heterocycles. The molecule has 7 nitrogen and oxygen atoms in total. The molecule has 0 aliphatic heterocycles. The van der Waals surface area contributed by atoms with Crippen LogP contribution in [0.1, 0.15) is 26.5 Å². The van der Waals surface area contributed by atoms with Gasteiger partial charge in [0.15, 0.2) is 11.6 Å². The zero-order chi connectivity index (χ0) is 22.9. The normalized spacial score (nSPS) is 11.4. The van der Waals surface area contributed by atoms with Gasteiger partial charge in [0.2, 0.25) is 0 Å². The second-order valence-electron chi connectivity index (χ2n) is 7.84. The molecular formula is C20H20BF3N4O3. The summed E-state index contributed by atoms with van der Waals surface area (Å²) in [7, 11) is -1.86. The predicted molar refractivity (Wildman–Crippen MR) is 111 cm³/mol. The van der Waals surface area contributed by atoms with E-state index in [2.05, 4.69) is 15.7 Å². The summed E-state index contributed by atoms with van der Waals surface area (Å²) < 4.78 is 43.8. The van der Waals surface area contributed by atoms with Gasteiger partial charge in [0.25, 0.3) is 0 Å². The van der Waals surface area contributed by atoms with E-state index in [0.29, 0.717) is 5.69 Å². The van der Waals surface area contributed by atoms with E-state index in [0.717, 1.165) is 28.9 Å². The van der Waals surface area contributed by atoms with Crippen LogP contribution >= 0.6 is 0 Å². The first-order valence-electron chi connectivity index (χ1n) is 9.26. The van der Waals surface area contributed by atoms with Gasteiger partial charge in [-0.05, 0) is 29.7 Å². The lowest BCUT2D eigenvalue weighted by Crippen LogP contribution is -2.30. The number of nitrogens with zero attached hydrogens (tertiary/aromatic N) is 2. The van der Waals surface area contributed by atoms with Gasteiger partial charge in [0.1, 0.15) is 17.3 Å². The van der Waals surface area contributed by atoms with E-state index in [9.17, 15) is 18.0 Å². The SMILES string of the molecule is CC(C)(C)c1cc(NC(=O)Nc2ccc(B(O)O)cc2F)n(-c2c(F)cccc2F)n1. The molecular weight excluding hydrogens is 412 g/mol. The second kappa shape index (κ2) is 8.44. The summed E-state index contributed by atoms with van der Waals surface area (Å²) in [5.74, 6) is -2.69. The standard InChI is InChI=1S/C20H20BF3N4O3/c1-20(2,3)16-10-17(28(27-16)18-12(22)5-4-6-13(18)23)26-19(29)25-15-8-7-11(21(30)31)9-14(15)24/h4-10,30-31H,1-3H3,(H2,25,26,29). The number of para-hydroxylation sites is 1. The first kappa shape index (κ1) is 22.4. The second-order valence-corrected chi connectivity index (χ2v) is 7.84. The number of rotatable bonds is 4. The van der Waals surface area contributed by atoms with Crippen LogP contribution in [0, 0.1) is 17.5 Å². The third kappa shape index (κ3) is 4.89. The van der Waals surface area contributed by atoms with Gasteiger partial charge in [-0.1, -0.05) is 32.9 Å². The number of aromatic nitrogens is 2. The van der Waals surface area contributed by atoms with Gasteiger partial charge in [-0.2, -0.15) is 5.10 Å². The molecule has 3 rings (SSSR count). The maximum atomic E-state index is 14.3. The van der Waals surface area contributed by atoms with Crippen molar-refractivity contribution < 1.29 is 28.0 Å². The minimum absolute atomic E-state index is 0.0331. The molecule has 31 heavy (non-hydrogen) atoms. The number of urea groups is 1. The van der Waals surface area contributed by atoms with Crippen molar-refractivity contribution in [1.29, 1.82) is 0 Å². The van der Waals surface area contributed by atoms with Gasteiger partial charge in [0, 0.05) is 11.5 Å². The number of benzene rings is 2. The van der Waals surface area contributed by atoms with Crippen molar-refractivity contribution >= 4 is 30.1 Å². The number of anilines is 2. The van der Waals surface area contributed by atoms with Crippen LogP contribution in [0.5, 0.6) is 0 Å². The molecule has 0 fully saturated rings. The van der Waals surface area contributed by atoms with Gasteiger partial charge >= 0.3 is 13.1 Å². The Hall–Kier alpha value is -3.31. The van der Waals surface area contributed by atoms with E-state index in [1.54, 1.807) is 0 Å². The molecule has 0 saturated carbocycles. The minimum Gasteiger partial charge on any atom is -0.423 e. The summed E-state index contributed by atoms with van der Waals surface area (Å²) in [6.07, 6.45) is 0. The fourth-order valence-electron chi connectivity index (χ4n) is 2.76. The van der Waals surface area contributed by atoms with E-state index in [1.165, 1.54) is 18.2 Å². The van der Waals surface area contributed by atoms with Crippen molar-refractivity contribution in [1.82, 2.24) is 9.78 Å². The van der Waals surface area contributed by atoms with Crippen LogP contribution in [-0.2, 0) is 5.41 Å². The molecule has 0 radical (unpaired) electrons. The Labute approximate surface area is 176 Å². The lowest BCUT2D eigenvalue weighted by molar-refractivity contribution is 0.262. The fraction of sp³-hybridized carbons (Fsp3) is 0.200. The summed E-state index contributed by atoms with van der Waals surface area (Å²) in [6, 6.07) is 7.13. The summed E-state index contributed by atoms with van der Waals surface area (Å²) in [4.78, 5) is 12.4. The van der Waals surface area contributed by atoms with Gasteiger partial charge in [-0.25, -0.2) is 22.6 Å². The molecule has 0 aliphatic carbocycles. The number of carbonyl (C=O) groups excluding carboxylic acids is 1.